The van der Waals surface area contributed by atoms with Crippen molar-refractivity contribution in [2.75, 3.05) is 149 Å². The molecule has 116 heavy (non-hydrogen) atoms. The van der Waals surface area contributed by atoms with Gasteiger partial charge in [0.05, 0.1) is 55.9 Å². The molecule has 8 aromatic heterocycles. The van der Waals surface area contributed by atoms with Gasteiger partial charge >= 0.3 is 6.01 Å². The fourth-order valence-electron chi connectivity index (χ4n) is 10.1. The molecule has 9 aromatic rings. The van der Waals surface area contributed by atoms with Crippen LogP contribution in [0.5, 0.6) is 6.01 Å². The predicted molar refractivity (Wildman–Crippen MR) is 459 cm³/mol. The summed E-state index contributed by atoms with van der Waals surface area (Å²) in [6, 6.07) is 24.5. The van der Waals surface area contributed by atoms with Gasteiger partial charge in [0.15, 0.2) is 0 Å². The first-order valence-electron chi connectivity index (χ1n) is 38.4. The maximum atomic E-state index is 12.8. The van der Waals surface area contributed by atoms with Crippen molar-refractivity contribution in [1.29, 1.82) is 10.8 Å². The van der Waals surface area contributed by atoms with Crippen molar-refractivity contribution >= 4 is 23.6 Å². The summed E-state index contributed by atoms with van der Waals surface area (Å²) >= 11 is 0. The Hall–Kier alpha value is -10.4. The fourth-order valence-corrected chi connectivity index (χ4v) is 10.1. The summed E-state index contributed by atoms with van der Waals surface area (Å²) < 4.78 is 35.3. The number of benzene rings is 1. The molecular formula is C85H137FN24O6+2. The lowest BCUT2D eigenvalue weighted by molar-refractivity contribution is -0.910. The zero-order chi connectivity index (χ0) is 87.1. The van der Waals surface area contributed by atoms with Crippen molar-refractivity contribution < 1.29 is 43.2 Å². The summed E-state index contributed by atoms with van der Waals surface area (Å²) in [7, 11) is 25.2. The Bertz CT molecular complexity index is 3920. The van der Waals surface area contributed by atoms with Gasteiger partial charge in [0.1, 0.15) is 18.0 Å². The van der Waals surface area contributed by atoms with E-state index in [-0.39, 0.29) is 5.82 Å². The number of aromatic nitrogens is 13. The number of nitrogen functional groups attached to an aromatic ring is 1. The molecule has 0 saturated carbocycles. The number of amidine groups is 2. The molecule has 2 saturated heterocycles. The maximum Gasteiger partial charge on any atom is 0.316 e. The first-order chi connectivity index (χ1) is 54.9. The number of nitrogens with zero attached hydrogens (tertiary/aromatic N) is 20. The summed E-state index contributed by atoms with van der Waals surface area (Å²) in [5.74, 6) is 3.06. The Kier molecular flexibility index (Phi) is 53.8. The van der Waals surface area contributed by atoms with E-state index in [0.717, 1.165) is 162 Å². The van der Waals surface area contributed by atoms with Crippen LogP contribution >= 0.6 is 0 Å². The second-order valence-electron chi connectivity index (χ2n) is 28.7. The fraction of sp³-hybridized carbons (Fsp3) is 0.494. The van der Waals surface area contributed by atoms with Crippen molar-refractivity contribution in [1.82, 2.24) is 89.1 Å². The molecule has 0 bridgehead atoms. The van der Waals surface area contributed by atoms with Crippen LogP contribution in [0.15, 0.2) is 141 Å². The number of halogens is 1. The summed E-state index contributed by atoms with van der Waals surface area (Å²) in [6.45, 7) is 33.3. The van der Waals surface area contributed by atoms with Crippen LogP contribution < -0.4 is 25.2 Å². The lowest BCUT2D eigenvalue weighted by Gasteiger charge is -2.31. The molecule has 11 rings (SSSR count). The summed E-state index contributed by atoms with van der Waals surface area (Å²) in [4.78, 5) is 58.3. The molecule has 638 valence electrons. The van der Waals surface area contributed by atoms with Crippen molar-refractivity contribution in [2.45, 2.75) is 147 Å². The van der Waals surface area contributed by atoms with E-state index in [1.54, 1.807) is 83.0 Å². The second kappa shape index (κ2) is 60.2. The molecule has 0 amide bonds. The minimum Gasteiger partial charge on any atom is -0.464 e. The lowest BCUT2D eigenvalue weighted by atomic mass is 10.1. The minimum absolute atomic E-state index is 0.155. The Labute approximate surface area is 691 Å². The molecule has 1 unspecified atom stereocenters. The van der Waals surface area contributed by atoms with Crippen LogP contribution in [0.4, 0.5) is 16.3 Å². The summed E-state index contributed by atoms with van der Waals surface area (Å²) in [5, 5.41) is 36.3. The number of rotatable bonds is 18. The van der Waals surface area contributed by atoms with Gasteiger partial charge in [-0.1, -0.05) is 6.07 Å². The van der Waals surface area contributed by atoms with Crippen LogP contribution in [-0.4, -0.2) is 261 Å². The smallest absolute Gasteiger partial charge is 0.316 e. The van der Waals surface area contributed by atoms with Crippen molar-refractivity contribution in [2.24, 2.45) is 0 Å². The highest BCUT2D eigenvalue weighted by atomic mass is 19.1. The molecule has 31 heteroatoms. The number of likely N-dealkylation sites (tertiary alicyclic amines) is 2. The van der Waals surface area contributed by atoms with Crippen LogP contribution in [0.2, 0.25) is 0 Å². The molecule has 0 spiro atoms. The van der Waals surface area contributed by atoms with Crippen LogP contribution in [0.3, 0.4) is 0 Å². The number of ether oxygens (including phenoxy) is 4. The predicted octanol–water partition coefficient (Wildman–Crippen LogP) is 10.6. The van der Waals surface area contributed by atoms with E-state index in [1.165, 1.54) is 23.5 Å². The van der Waals surface area contributed by atoms with E-state index in [9.17, 15) is 9.60 Å². The lowest BCUT2D eigenvalue weighted by Crippen LogP contribution is -2.39. The van der Waals surface area contributed by atoms with Crippen LogP contribution in [0.1, 0.15) is 119 Å². The molecular weight excluding hydrogens is 1470 g/mol. The summed E-state index contributed by atoms with van der Waals surface area (Å²) in [5.41, 5.74) is 19.1. The molecule has 2 aliphatic rings. The minimum atomic E-state index is -0.155. The van der Waals surface area contributed by atoms with Gasteiger partial charge in [-0.25, -0.2) is 54.2 Å². The number of hydrogen-bond acceptors (Lipinski definition) is 26. The second-order valence-corrected chi connectivity index (χ2v) is 28.7. The molecule has 0 aliphatic carbocycles. The number of nitrogens with two attached hydrogens (primary N) is 1. The highest BCUT2D eigenvalue weighted by molar-refractivity contribution is 5.76. The van der Waals surface area contributed by atoms with Crippen LogP contribution in [0.25, 0.3) is 0 Å². The molecule has 2 aliphatic heterocycles. The van der Waals surface area contributed by atoms with Crippen molar-refractivity contribution in [3.05, 3.63) is 226 Å². The third-order valence-electron chi connectivity index (χ3n) is 16.1. The zero-order valence-corrected chi connectivity index (χ0v) is 74.0. The number of methoxy groups -OCH3 is 3. The van der Waals surface area contributed by atoms with Gasteiger partial charge in [-0.3, -0.25) is 31.1 Å². The van der Waals surface area contributed by atoms with Crippen LogP contribution in [-0.2, 0) is 46.9 Å². The Balaban J connectivity index is 0.000000640. The van der Waals surface area contributed by atoms with Gasteiger partial charge < -0.3 is 59.4 Å². The van der Waals surface area contributed by atoms with Gasteiger partial charge in [-0.15, -0.1) is 0 Å². The molecule has 1 atom stereocenters. The standard InChI is InChI=1S/C10H14FN.2C9H15N2O.C9H14N2.C8H13N3O.C8H13N3.C8H16N2O.C7H14N2O.C7H10N2O.C5H7N3.C5H6N2/c1-8-4-5-10(11)6-9(8)7-12(2)3;1-8-4-5-11(12)7-9(8)6-10(2)3;1-8-4-5-11(12)9(6-8)7-10(2)3;1-8-4-5-10-9(6-8)7-11(2)3;1-7-3-4-9-8(11-7)10-5-6-12-2;1-7-4-5-9-8(10-7)6-11(2)3;1-7(9)10-5-3-8(11-2)4-6-10;1-6(8)9-4-3-7(5-9)10-2;1-3-10-7-8-5-4-6(2)9-7;1-4-2-3-7-5(6)8-4;1-5-2-3-6-4-7-5/h4-6H,7H2,1-3H3;4-5,7,12H,6H2,1-3H3;4-6,12H,7H2,1-3H3;4-6H,7H2,1-3H3;3-4H,5-6H2,1-2H3,(H,9,10,11);4-5H,6H2,1-3H3;8-9H,3-6H2,1-2H3;7-8H,3-5H2,1-2H3;4-5H,3H2,1-2H3;2-3H,1H3,(H2,6,7,8);2-4H,1H3/q;2*+1;;;;;;;;. The van der Waals surface area contributed by atoms with E-state index in [2.05, 4.69) is 92.7 Å². The monoisotopic (exact) mass is 1610 g/mol. The first kappa shape index (κ1) is 104. The number of aryl methyl sites for hydroxylation is 9. The Morgan fingerprint density at radius 2 is 1.07 bits per heavy atom. The molecule has 30 nitrogen and oxygen atoms in total. The third-order valence-corrected chi connectivity index (χ3v) is 16.1. The Morgan fingerprint density at radius 3 is 1.55 bits per heavy atom. The van der Waals surface area contributed by atoms with Gasteiger partial charge in [0, 0.05) is 173 Å². The number of nitrogens with one attached hydrogen (secondary N) is 3. The normalized spacial score (nSPS) is 12.4. The molecule has 7 N–H and O–H groups in total. The van der Waals surface area contributed by atoms with E-state index >= 15 is 0 Å². The molecule has 10 heterocycles. The van der Waals surface area contributed by atoms with E-state index < -0.39 is 0 Å². The van der Waals surface area contributed by atoms with Crippen LogP contribution in [0, 0.1) is 78.9 Å². The summed E-state index contributed by atoms with van der Waals surface area (Å²) in [6.07, 6.45) is 20.9. The van der Waals surface area contributed by atoms with E-state index in [1.807, 2.05) is 222 Å². The molecule has 1 aromatic carbocycles. The SMILES string of the molecule is CCOc1nccc(C)n1.COC1CCN(C(C)=N)C1.COC1CCN(C(C)=N)CC1.COCCNc1nccc(C)n1.Cc1cc[n+](O)c(CN(C)C)c1.Cc1cc[n+](O)cc1CN(C)C.Cc1ccc(F)cc1CN(C)C.Cc1ccnc(CN(C)C)c1.Cc1ccnc(CN(C)C)n1.Cc1ccnc(N)n1.Cc1ccncn1. The number of hydrogen-bond donors (Lipinski definition) is 6. The van der Waals surface area contributed by atoms with Gasteiger partial charge in [0.25, 0.3) is 0 Å². The highest BCUT2D eigenvalue weighted by Gasteiger charge is 2.22. The first-order valence-corrected chi connectivity index (χ1v) is 38.4. The largest absolute Gasteiger partial charge is 0.464 e. The zero-order valence-electron chi connectivity index (χ0n) is 74.0. The average Bonchev–Trinajstić information content (AvgIpc) is 1.33. The van der Waals surface area contributed by atoms with Gasteiger partial charge in [-0.05, 0) is 255 Å². The number of piperidine rings is 1. The average molecular weight is 1610 g/mol. The number of pyridine rings is 3. The number of anilines is 2. The van der Waals surface area contributed by atoms with Crippen molar-refractivity contribution in [3.8, 4) is 6.01 Å². The third kappa shape index (κ3) is 51.5. The molecule has 2 fully saturated rings. The van der Waals surface area contributed by atoms with E-state index in [4.69, 9.17) is 40.7 Å². The molecule has 0 radical (unpaired) electrons. The van der Waals surface area contributed by atoms with E-state index in [0.29, 0.717) is 55.0 Å². The Morgan fingerprint density at radius 1 is 0.543 bits per heavy atom. The maximum absolute atomic E-state index is 12.8. The quantitative estimate of drug-likeness (QED) is 0.0153. The van der Waals surface area contributed by atoms with Gasteiger partial charge in [0.2, 0.25) is 36.2 Å². The van der Waals surface area contributed by atoms with Crippen molar-refractivity contribution in [3.63, 3.8) is 0 Å². The van der Waals surface area contributed by atoms with Gasteiger partial charge in [-0.2, -0.15) is 0 Å². The highest BCUT2D eigenvalue weighted by Crippen LogP contribution is 2.15. The topological polar surface area (TPSA) is 335 Å².